The first kappa shape index (κ1) is 23.0. The number of Topliss-reactive ketones (excluding diaryl/α,β-unsaturated/α-hetero) is 1. The van der Waals surface area contributed by atoms with Crippen molar-refractivity contribution in [2.24, 2.45) is 17.3 Å². The summed E-state index contributed by atoms with van der Waals surface area (Å²) in [5.41, 5.74) is 2.35. The second kappa shape index (κ2) is 8.48. The van der Waals surface area contributed by atoms with Crippen molar-refractivity contribution in [3.05, 3.63) is 46.4 Å². The Hall–Kier alpha value is -2.63. The second-order valence-corrected chi connectivity index (χ2v) is 9.55. The van der Waals surface area contributed by atoms with Gasteiger partial charge in [0.1, 0.15) is 12.2 Å². The van der Waals surface area contributed by atoms with Gasteiger partial charge in [-0.05, 0) is 53.0 Å². The first-order valence-electron chi connectivity index (χ1n) is 10.8. The third-order valence-electron chi connectivity index (χ3n) is 6.73. The lowest BCUT2D eigenvalue weighted by Crippen LogP contribution is -2.55. The summed E-state index contributed by atoms with van der Waals surface area (Å²) < 4.78 is 17.4. The van der Waals surface area contributed by atoms with Crippen LogP contribution in [0.5, 0.6) is 0 Å². The molecule has 1 heterocycles. The van der Waals surface area contributed by atoms with Crippen LogP contribution in [-0.2, 0) is 19.1 Å². The number of carbonyl (C=O) groups is 3. The summed E-state index contributed by atoms with van der Waals surface area (Å²) in [6.07, 6.45) is 4.51. The molecular weight excluding hydrogens is 396 g/mol. The van der Waals surface area contributed by atoms with Crippen molar-refractivity contribution in [1.29, 1.82) is 0 Å². The van der Waals surface area contributed by atoms with E-state index in [4.69, 9.17) is 13.9 Å². The Morgan fingerprint density at radius 1 is 1.06 bits per heavy atom. The molecule has 0 aromatic carbocycles. The predicted molar refractivity (Wildman–Crippen MR) is 115 cm³/mol. The molecule has 1 fully saturated rings. The van der Waals surface area contributed by atoms with Crippen molar-refractivity contribution in [2.45, 2.75) is 73.5 Å². The number of ether oxygens (including phenoxy) is 2. The van der Waals surface area contributed by atoms with Crippen molar-refractivity contribution in [2.75, 3.05) is 0 Å². The molecule has 0 amide bonds. The molecule has 0 N–H and O–H groups in total. The fourth-order valence-corrected chi connectivity index (χ4v) is 5.04. The molecule has 0 bridgehead atoms. The molecule has 2 aliphatic carbocycles. The molecule has 2 aliphatic rings. The number of aryl methyl sites for hydroxylation is 1. The zero-order valence-electron chi connectivity index (χ0n) is 19.4. The third-order valence-corrected chi connectivity index (χ3v) is 6.73. The van der Waals surface area contributed by atoms with E-state index >= 15 is 0 Å². The Bertz CT molecular complexity index is 957. The Morgan fingerprint density at radius 3 is 2.23 bits per heavy atom. The van der Waals surface area contributed by atoms with Gasteiger partial charge in [-0.3, -0.25) is 4.79 Å². The average Bonchev–Trinajstić information content (AvgIpc) is 3.03. The van der Waals surface area contributed by atoms with E-state index < -0.39 is 17.5 Å². The zero-order valence-corrected chi connectivity index (χ0v) is 19.4. The third kappa shape index (κ3) is 4.12. The standard InChI is InChI=1S/C25H32O6/c1-13(2)10-19(26)30-18-9-8-17-22(28)23-21(15(5)12-29-23)24(25(17,7)16(18)6)31-20(27)11-14(3)4/h10-12,16-18,24H,8-9H2,1-7H3/t16-,17+,18-,24+,25+/m0/s1. The Kier molecular flexibility index (Phi) is 6.30. The molecule has 5 atom stereocenters. The maximum atomic E-state index is 13.3. The fraction of sp³-hybridized carbons (Fsp3) is 0.560. The molecule has 3 rings (SSSR count). The summed E-state index contributed by atoms with van der Waals surface area (Å²) in [5.74, 6) is -1.23. The molecular formula is C25H32O6. The van der Waals surface area contributed by atoms with Crippen LogP contribution in [-0.4, -0.2) is 23.8 Å². The van der Waals surface area contributed by atoms with Gasteiger partial charge < -0.3 is 13.9 Å². The summed E-state index contributed by atoms with van der Waals surface area (Å²) in [5, 5.41) is 0. The van der Waals surface area contributed by atoms with Gasteiger partial charge in [0.05, 0.1) is 6.26 Å². The minimum atomic E-state index is -0.738. The highest BCUT2D eigenvalue weighted by molar-refractivity contribution is 5.99. The number of hydrogen-bond donors (Lipinski definition) is 0. The molecule has 1 aromatic rings. The summed E-state index contributed by atoms with van der Waals surface area (Å²) >= 11 is 0. The molecule has 0 saturated heterocycles. The molecule has 1 saturated carbocycles. The maximum absolute atomic E-state index is 13.3. The van der Waals surface area contributed by atoms with E-state index in [0.29, 0.717) is 18.4 Å². The van der Waals surface area contributed by atoms with Crippen LogP contribution in [0.3, 0.4) is 0 Å². The van der Waals surface area contributed by atoms with Crippen molar-refractivity contribution in [1.82, 2.24) is 0 Å². The van der Waals surface area contributed by atoms with Crippen molar-refractivity contribution < 1.29 is 28.3 Å². The number of hydrogen-bond acceptors (Lipinski definition) is 6. The highest BCUT2D eigenvalue weighted by Crippen LogP contribution is 2.59. The van der Waals surface area contributed by atoms with Crippen LogP contribution in [0, 0.1) is 24.2 Å². The van der Waals surface area contributed by atoms with Gasteiger partial charge in [-0.25, -0.2) is 9.59 Å². The largest absolute Gasteiger partial charge is 0.461 e. The van der Waals surface area contributed by atoms with Crippen molar-refractivity contribution in [3.63, 3.8) is 0 Å². The Balaban J connectivity index is 2.04. The number of furan rings is 1. The molecule has 0 unspecified atom stereocenters. The van der Waals surface area contributed by atoms with E-state index in [1.807, 2.05) is 48.5 Å². The molecule has 0 aliphatic heterocycles. The smallest absolute Gasteiger partial charge is 0.331 e. The van der Waals surface area contributed by atoms with Gasteiger partial charge in [0.15, 0.2) is 5.76 Å². The van der Waals surface area contributed by atoms with Gasteiger partial charge in [0.25, 0.3) is 0 Å². The minimum absolute atomic E-state index is 0.0685. The summed E-state index contributed by atoms with van der Waals surface area (Å²) in [6.45, 7) is 13.1. The lowest BCUT2D eigenvalue weighted by Gasteiger charge is -2.53. The van der Waals surface area contributed by atoms with E-state index in [-0.39, 0.29) is 35.5 Å². The number of allylic oxidation sites excluding steroid dienone is 2. The number of rotatable bonds is 4. The van der Waals surface area contributed by atoms with Crippen molar-refractivity contribution >= 4 is 17.7 Å². The SMILES string of the molecule is CC(C)=CC(=O)O[C@H]1CC[C@@H]2C(=O)c3occ(C)c3[C@@H](OC(=O)C=C(C)C)[C@]2(C)[C@H]1C. The van der Waals surface area contributed by atoms with Crippen LogP contribution in [0.25, 0.3) is 0 Å². The van der Waals surface area contributed by atoms with Gasteiger partial charge in [-0.1, -0.05) is 25.0 Å². The highest BCUT2D eigenvalue weighted by atomic mass is 16.6. The molecule has 0 spiro atoms. The lowest BCUT2D eigenvalue weighted by molar-refractivity contribution is -0.177. The van der Waals surface area contributed by atoms with Gasteiger partial charge in [0.2, 0.25) is 5.78 Å². The average molecular weight is 429 g/mol. The normalized spacial score (nSPS) is 29.3. The molecule has 0 radical (unpaired) electrons. The fourth-order valence-electron chi connectivity index (χ4n) is 5.04. The van der Waals surface area contributed by atoms with Crippen LogP contribution >= 0.6 is 0 Å². The van der Waals surface area contributed by atoms with Crippen molar-refractivity contribution in [3.8, 4) is 0 Å². The first-order chi connectivity index (χ1) is 14.5. The summed E-state index contributed by atoms with van der Waals surface area (Å²) in [6, 6.07) is 0. The van der Waals surface area contributed by atoms with Crippen LogP contribution in [0.1, 0.15) is 82.2 Å². The predicted octanol–water partition coefficient (Wildman–Crippen LogP) is 5.27. The van der Waals surface area contributed by atoms with Crippen LogP contribution in [0.15, 0.2) is 34.0 Å². The molecule has 31 heavy (non-hydrogen) atoms. The summed E-state index contributed by atoms with van der Waals surface area (Å²) in [4.78, 5) is 38.3. The first-order valence-corrected chi connectivity index (χ1v) is 10.8. The van der Waals surface area contributed by atoms with E-state index in [9.17, 15) is 14.4 Å². The van der Waals surface area contributed by atoms with Gasteiger partial charge in [0, 0.05) is 35.0 Å². The molecule has 6 heteroatoms. The van der Waals surface area contributed by atoms with Crippen LogP contribution in [0.2, 0.25) is 0 Å². The van der Waals surface area contributed by atoms with Gasteiger partial charge in [-0.15, -0.1) is 0 Å². The molecule has 168 valence electrons. The Labute approximate surface area is 183 Å². The lowest BCUT2D eigenvalue weighted by atomic mass is 9.53. The van der Waals surface area contributed by atoms with Crippen LogP contribution in [0.4, 0.5) is 0 Å². The van der Waals surface area contributed by atoms with E-state index in [0.717, 1.165) is 16.7 Å². The monoisotopic (exact) mass is 428 g/mol. The van der Waals surface area contributed by atoms with Gasteiger partial charge in [-0.2, -0.15) is 0 Å². The summed E-state index contributed by atoms with van der Waals surface area (Å²) in [7, 11) is 0. The number of carbonyl (C=O) groups excluding carboxylic acids is 3. The highest BCUT2D eigenvalue weighted by Gasteiger charge is 2.61. The quantitative estimate of drug-likeness (QED) is 0.480. The maximum Gasteiger partial charge on any atom is 0.331 e. The van der Waals surface area contributed by atoms with E-state index in [1.165, 1.54) is 12.2 Å². The van der Waals surface area contributed by atoms with E-state index in [1.54, 1.807) is 6.26 Å². The minimum Gasteiger partial charge on any atom is -0.461 e. The Morgan fingerprint density at radius 2 is 1.65 bits per heavy atom. The number of fused-ring (bicyclic) bond motifs is 2. The topological polar surface area (TPSA) is 82.8 Å². The second-order valence-electron chi connectivity index (χ2n) is 9.55. The zero-order chi connectivity index (χ0) is 23.1. The number of ketones is 1. The van der Waals surface area contributed by atoms with E-state index in [2.05, 4.69) is 0 Å². The van der Waals surface area contributed by atoms with Crippen LogP contribution < -0.4 is 0 Å². The molecule has 6 nitrogen and oxygen atoms in total. The number of esters is 2. The molecule has 1 aromatic heterocycles. The van der Waals surface area contributed by atoms with Gasteiger partial charge >= 0.3 is 11.9 Å².